The van der Waals surface area contributed by atoms with Gasteiger partial charge in [0.05, 0.1) is 61.5 Å². The fourth-order valence-corrected chi connectivity index (χ4v) is 38.9. The van der Waals surface area contributed by atoms with Gasteiger partial charge in [0.2, 0.25) is 15.9 Å². The predicted molar refractivity (Wildman–Crippen MR) is 411 cm³/mol. The number of nitrogens with zero attached hydrogens (tertiary/aromatic N) is 1. The van der Waals surface area contributed by atoms with Crippen LogP contribution in [0, 0.1) is 295 Å². The van der Waals surface area contributed by atoms with Crippen molar-refractivity contribution in [3.05, 3.63) is 0 Å². The topological polar surface area (TPSA) is 250 Å². The fraction of sp³-hybridized carbons (Fsp3) is 0.925. The maximum absolute atomic E-state index is 13.7. The normalized spacial score (nSPS) is 57.0. The van der Waals surface area contributed by atoms with Crippen molar-refractivity contribution in [3.8, 4) is 6.07 Å². The number of methoxy groups -OCH3 is 1. The molecular weight excluding hydrogens is 1400 g/mol. The molecule has 1 amide bonds. The number of aliphatic hydroxyl groups excluding tert-OH is 1. The van der Waals surface area contributed by atoms with Gasteiger partial charge in [0.25, 0.3) is 0 Å². The third-order valence-corrected chi connectivity index (χ3v) is 42.4. The van der Waals surface area contributed by atoms with Crippen LogP contribution in [-0.2, 0) is 57.7 Å². The predicted octanol–water partition coefficient (Wildman–Crippen LogP) is 15.2. The smallest absolute Gasteiger partial charge is 0.311 e. The number of fused-ring (bicyclic) bond motifs is 45. The lowest BCUT2D eigenvalue weighted by atomic mass is 9.48. The Bertz CT molecular complexity index is 3800. The standard InChI is InChI=1S/C27H38O4.C18H25NO2.C17H26O3.C16H25NO3S.C15H22O2/c1-13-14(2)19-7-18(13)22-17-5-20(23(19)22)21(6-17)24(28)31-27-10-15-4-16(11-27)9-26(8-15,12-27)25(29)30-3;1-9-10(2)13-8-12(9)16-11-6-14(17(13)16)15(7-11)18(20)21-5-3-4-19;1-8-9(2)12-7-11(8)15-10-5-13(16(12)15)14(6-10)17(19)20-4-3-18;1-7-8(2)11-6-10(7)14-9-4-12(15(11)14)13(5-9)16(18)17-21(3,19)20;1-6-7(2)10-5-9(6)13-8-3-11(14(10)13)12(4-8)15(16)17/h13-23H,4-12H2,1-3H3;9-17H,3,5-8H2,1-2H3;8-16,18H,3-7H2,1-2H3;7-15H,4-6H2,1-3H3,(H,17,18);6-14H,3-5H2,1-2H3,(H,16,17). The van der Waals surface area contributed by atoms with Crippen molar-refractivity contribution < 1.29 is 66.3 Å². The molecule has 24 fully saturated rings. The van der Waals surface area contributed by atoms with Crippen molar-refractivity contribution >= 4 is 45.8 Å². The molecule has 0 saturated heterocycles. The third-order valence-electron chi connectivity index (χ3n) is 41.8. The number of nitrogens with one attached hydrogen (secondary N) is 1. The SMILES string of the molecule is CC1C(C)C2CC1C1C3CC(C(=O)NS(C)(=O)=O)C(C3)C21.CC1C(C)C2CC1C1C3CC(C(=O)O)C(C3)C21.CC1C(C)C2CC1C1C3CC(C(=O)OCCC#N)C(C3)C21.CC1C(C)C2CC1C1C3CC(C(=O)OCCO)C(C3)C21.COC(=O)C12CC3CC(CC(OC(=O)C4CC5CC4C4C6CC(C(C)C6C)C54)(C3)C1)C2. The highest BCUT2D eigenvalue weighted by atomic mass is 32.2. The van der Waals surface area contributed by atoms with E-state index in [2.05, 4.69) is 74.0 Å². The van der Waals surface area contributed by atoms with Gasteiger partial charge in [0.15, 0.2) is 0 Å². The summed E-state index contributed by atoms with van der Waals surface area (Å²) in [5.74, 6) is 32.6. The molecule has 0 aromatic heterocycles. The Hall–Kier alpha value is -3.78. The average molecular weight is 1540 g/mol. The lowest BCUT2D eigenvalue weighted by molar-refractivity contribution is -0.215. The molecule has 24 aliphatic carbocycles. The van der Waals surface area contributed by atoms with Gasteiger partial charge >= 0.3 is 29.8 Å². The van der Waals surface area contributed by atoms with E-state index in [1.54, 1.807) is 0 Å². The molecule has 47 unspecified atom stereocenters. The molecule has 0 spiro atoms. The Balaban J connectivity index is 0.0000000946. The van der Waals surface area contributed by atoms with Crippen LogP contribution in [0.15, 0.2) is 0 Å². The Labute approximate surface area is 657 Å². The lowest BCUT2D eigenvalue weighted by Crippen LogP contribution is -2.60. The number of carbonyl (C=O) groups is 6. The number of hydrogen-bond donors (Lipinski definition) is 3. The molecule has 0 aliphatic heterocycles. The first-order valence-corrected chi connectivity index (χ1v) is 47.7. The van der Waals surface area contributed by atoms with Gasteiger partial charge in [-0.15, -0.1) is 0 Å². The number of nitriles is 1. The molecule has 110 heavy (non-hydrogen) atoms. The average Bonchev–Trinajstić information content (AvgIpc) is 1.51. The molecule has 0 aromatic rings. The largest absolute Gasteiger partial charge is 0.481 e. The number of carboxylic acid groups (broad SMARTS) is 1. The highest BCUT2D eigenvalue weighted by Gasteiger charge is 2.73. The van der Waals surface area contributed by atoms with Crippen LogP contribution in [0.2, 0.25) is 0 Å². The quantitative estimate of drug-likeness (QED) is 0.0711. The molecule has 3 N–H and O–H groups in total. The summed E-state index contributed by atoms with van der Waals surface area (Å²) >= 11 is 0. The molecular formula is C93H136N2O14S. The number of rotatable bonds is 12. The minimum absolute atomic E-state index is 0.00288. The molecule has 24 rings (SSSR count). The van der Waals surface area contributed by atoms with E-state index in [9.17, 15) is 42.3 Å². The van der Waals surface area contributed by atoms with Gasteiger partial charge in [0, 0.05) is 12.3 Å². The second kappa shape index (κ2) is 27.4. The van der Waals surface area contributed by atoms with Crippen LogP contribution in [0.1, 0.15) is 210 Å². The summed E-state index contributed by atoms with van der Waals surface area (Å²) in [6.45, 7) is 24.7. The van der Waals surface area contributed by atoms with Crippen LogP contribution < -0.4 is 4.72 Å². The number of aliphatic carboxylic acids is 1. The van der Waals surface area contributed by atoms with Gasteiger partial charge in [-0.2, -0.15) is 5.26 Å². The summed E-state index contributed by atoms with van der Waals surface area (Å²) in [7, 11) is -1.91. The molecule has 0 aromatic carbocycles. The fourth-order valence-electron chi connectivity index (χ4n) is 38.4. The maximum atomic E-state index is 13.7. The van der Waals surface area contributed by atoms with E-state index >= 15 is 0 Å². The molecule has 24 aliphatic rings. The van der Waals surface area contributed by atoms with E-state index in [0.717, 1.165) is 266 Å². The van der Waals surface area contributed by atoms with E-state index in [-0.39, 0.29) is 79.2 Å². The van der Waals surface area contributed by atoms with Crippen LogP contribution >= 0.6 is 0 Å². The van der Waals surface area contributed by atoms with E-state index in [4.69, 9.17) is 29.3 Å². The summed E-state index contributed by atoms with van der Waals surface area (Å²) in [6.07, 6.45) is 25.4. The second-order valence-electron chi connectivity index (χ2n) is 44.6. The number of carbonyl (C=O) groups excluding carboxylic acids is 5. The van der Waals surface area contributed by atoms with E-state index in [1.807, 2.05) is 6.07 Å². The Morgan fingerprint density at radius 2 is 0.718 bits per heavy atom. The van der Waals surface area contributed by atoms with Crippen molar-refractivity contribution in [2.45, 2.75) is 216 Å². The summed E-state index contributed by atoms with van der Waals surface area (Å²) in [5, 5.41) is 26.7. The monoisotopic (exact) mass is 1540 g/mol. The Kier molecular flexibility index (Phi) is 19.0. The minimum Gasteiger partial charge on any atom is -0.481 e. The Morgan fingerprint density at radius 3 is 1.05 bits per heavy atom. The number of amides is 1. The van der Waals surface area contributed by atoms with Gasteiger partial charge in [-0.1, -0.05) is 69.2 Å². The van der Waals surface area contributed by atoms with Gasteiger partial charge in [0.1, 0.15) is 18.8 Å². The number of carboxylic acids is 1. The van der Waals surface area contributed by atoms with Crippen molar-refractivity contribution in [1.82, 2.24) is 4.72 Å². The van der Waals surface area contributed by atoms with Crippen molar-refractivity contribution in [1.29, 1.82) is 5.26 Å². The zero-order chi connectivity index (χ0) is 77.0. The summed E-state index contributed by atoms with van der Waals surface area (Å²) in [5.41, 5.74) is -0.790. The zero-order valence-electron chi connectivity index (χ0n) is 68.5. The molecule has 17 heteroatoms. The van der Waals surface area contributed by atoms with Crippen molar-refractivity contribution in [2.24, 2.45) is 284 Å². The number of hydrogen-bond acceptors (Lipinski definition) is 14. The van der Waals surface area contributed by atoms with E-state index < -0.39 is 27.0 Å². The van der Waals surface area contributed by atoms with E-state index in [1.165, 1.54) is 71.3 Å². The van der Waals surface area contributed by atoms with Gasteiger partial charge in [-0.25, -0.2) is 8.42 Å². The number of ether oxygens (including phenoxy) is 4. The Morgan fingerprint density at radius 1 is 0.409 bits per heavy atom. The molecule has 16 nitrogen and oxygen atoms in total. The third kappa shape index (κ3) is 11.3. The highest BCUT2D eigenvalue weighted by Crippen LogP contribution is 2.77. The maximum Gasteiger partial charge on any atom is 0.311 e. The van der Waals surface area contributed by atoms with Crippen LogP contribution in [0.4, 0.5) is 0 Å². The van der Waals surface area contributed by atoms with Crippen molar-refractivity contribution in [2.75, 3.05) is 33.2 Å². The molecule has 24 bridgehead atoms. The second-order valence-corrected chi connectivity index (χ2v) is 46.3. The summed E-state index contributed by atoms with van der Waals surface area (Å²) in [6, 6.07) is 2.04. The van der Waals surface area contributed by atoms with Gasteiger partial charge in [-0.05, 0) is 377 Å². The van der Waals surface area contributed by atoms with Gasteiger partial charge in [-0.3, -0.25) is 33.5 Å². The minimum atomic E-state index is -3.43. The summed E-state index contributed by atoms with van der Waals surface area (Å²) < 4.78 is 47.2. The first-order chi connectivity index (χ1) is 52.5. The van der Waals surface area contributed by atoms with Crippen LogP contribution in [0.25, 0.3) is 0 Å². The van der Waals surface area contributed by atoms with E-state index in [0.29, 0.717) is 66.1 Å². The van der Waals surface area contributed by atoms with Crippen LogP contribution in [0.5, 0.6) is 0 Å². The molecule has 608 valence electrons. The molecule has 0 heterocycles. The first kappa shape index (κ1) is 76.2. The lowest BCUT2D eigenvalue weighted by Gasteiger charge is -2.60. The summed E-state index contributed by atoms with van der Waals surface area (Å²) in [4.78, 5) is 74.6. The van der Waals surface area contributed by atoms with Gasteiger partial charge < -0.3 is 29.2 Å². The van der Waals surface area contributed by atoms with Crippen LogP contribution in [0.3, 0.4) is 0 Å². The number of sulfonamides is 1. The highest BCUT2D eigenvalue weighted by molar-refractivity contribution is 7.89. The molecule has 0 radical (unpaired) electrons. The van der Waals surface area contributed by atoms with Crippen molar-refractivity contribution in [3.63, 3.8) is 0 Å². The zero-order valence-corrected chi connectivity index (χ0v) is 69.3. The number of esters is 4. The number of aliphatic hydroxyl groups is 1. The molecule has 47 atom stereocenters. The molecule has 24 saturated carbocycles. The van der Waals surface area contributed by atoms with Crippen LogP contribution in [-0.4, -0.2) is 93.2 Å². The first-order valence-electron chi connectivity index (χ1n) is 45.8.